The second kappa shape index (κ2) is 12.4. The van der Waals surface area contributed by atoms with Crippen LogP contribution >= 0.6 is 11.6 Å². The Morgan fingerprint density at radius 2 is 2.17 bits per heavy atom. The van der Waals surface area contributed by atoms with Crippen molar-refractivity contribution in [1.29, 1.82) is 5.26 Å². The molecule has 0 bridgehead atoms. The van der Waals surface area contributed by atoms with Gasteiger partial charge < -0.3 is 14.8 Å². The minimum atomic E-state index is -0.441. The normalized spacial score (nSPS) is 15.5. The van der Waals surface area contributed by atoms with E-state index < -0.39 is 5.91 Å². The lowest BCUT2D eigenvalue weighted by atomic mass is 10.1. The Morgan fingerprint density at radius 1 is 1.33 bits per heavy atom. The molecule has 1 atom stereocenters. The third kappa shape index (κ3) is 6.34. The first-order chi connectivity index (χ1) is 17.6. The molecule has 0 aliphatic carbocycles. The Morgan fingerprint density at radius 3 is 2.86 bits per heavy atom. The lowest BCUT2D eigenvalue weighted by molar-refractivity contribution is -0.117. The molecule has 1 fully saturated rings. The van der Waals surface area contributed by atoms with E-state index in [-0.39, 0.29) is 11.7 Å². The number of nitriles is 1. The summed E-state index contributed by atoms with van der Waals surface area (Å²) in [6, 6.07) is 17.2. The molecule has 1 aliphatic heterocycles. The first-order valence-corrected chi connectivity index (χ1v) is 12.6. The number of carbonyl (C=O) groups is 1. The van der Waals surface area contributed by atoms with E-state index in [9.17, 15) is 10.1 Å². The number of hydrogen-bond acceptors (Lipinski definition) is 5. The average Bonchev–Trinajstić information content (AvgIpc) is 3.58. The highest BCUT2D eigenvalue weighted by molar-refractivity contribution is 6.32. The maximum Gasteiger partial charge on any atom is 0.262 e. The van der Waals surface area contributed by atoms with Crippen molar-refractivity contribution in [2.45, 2.75) is 38.7 Å². The van der Waals surface area contributed by atoms with Gasteiger partial charge in [0, 0.05) is 30.5 Å². The van der Waals surface area contributed by atoms with Crippen LogP contribution in [-0.2, 0) is 9.53 Å². The molecule has 1 unspecified atom stereocenters. The molecule has 186 valence electrons. The van der Waals surface area contributed by atoms with Crippen molar-refractivity contribution >= 4 is 23.6 Å². The quantitative estimate of drug-likeness (QED) is 0.221. The van der Waals surface area contributed by atoms with Crippen LogP contribution in [-0.4, -0.2) is 41.6 Å². The molecule has 4 rings (SSSR count). The summed E-state index contributed by atoms with van der Waals surface area (Å²) in [6.07, 6.45) is 7.21. The molecule has 1 aromatic heterocycles. The van der Waals surface area contributed by atoms with Gasteiger partial charge in [0.1, 0.15) is 23.1 Å². The molecule has 1 saturated heterocycles. The fraction of sp³-hybridized carbons (Fsp3) is 0.321. The van der Waals surface area contributed by atoms with Gasteiger partial charge in [-0.25, -0.2) is 4.68 Å². The SMILES string of the molecule is CCCCOc1ccc(-c2nn(-c3ccccc3)cc2/C=C(/C#N)C(=O)NCC2CCCO2)cc1Cl. The molecule has 8 heteroatoms. The highest BCUT2D eigenvalue weighted by atomic mass is 35.5. The molecule has 1 N–H and O–H groups in total. The molecule has 0 spiro atoms. The number of halogens is 1. The van der Waals surface area contributed by atoms with Gasteiger partial charge in [0.15, 0.2) is 0 Å². The van der Waals surface area contributed by atoms with Gasteiger partial charge in [-0.3, -0.25) is 4.79 Å². The van der Waals surface area contributed by atoms with E-state index >= 15 is 0 Å². The number of carbonyl (C=O) groups excluding carboxylic acids is 1. The van der Waals surface area contributed by atoms with Crippen molar-refractivity contribution in [1.82, 2.24) is 15.1 Å². The van der Waals surface area contributed by atoms with Gasteiger partial charge in [-0.1, -0.05) is 43.1 Å². The summed E-state index contributed by atoms with van der Waals surface area (Å²) < 4.78 is 13.1. The molecular weight excluding hydrogens is 476 g/mol. The Hall–Kier alpha value is -3.60. The zero-order valence-electron chi connectivity index (χ0n) is 20.2. The van der Waals surface area contributed by atoms with Crippen molar-refractivity contribution in [3.05, 3.63) is 70.9 Å². The van der Waals surface area contributed by atoms with Crippen molar-refractivity contribution in [3.63, 3.8) is 0 Å². The van der Waals surface area contributed by atoms with E-state index in [1.165, 1.54) is 0 Å². The maximum absolute atomic E-state index is 12.8. The highest BCUT2D eigenvalue weighted by Gasteiger charge is 2.19. The summed E-state index contributed by atoms with van der Waals surface area (Å²) in [5, 5.41) is 17.8. The Kier molecular flexibility index (Phi) is 8.77. The lowest BCUT2D eigenvalue weighted by Crippen LogP contribution is -2.32. The second-order valence-corrected chi connectivity index (χ2v) is 8.98. The molecule has 7 nitrogen and oxygen atoms in total. The number of unbranched alkanes of at least 4 members (excludes halogenated alkanes) is 1. The molecular formula is C28H29ClN4O3. The van der Waals surface area contributed by atoms with E-state index in [2.05, 4.69) is 12.2 Å². The van der Waals surface area contributed by atoms with Gasteiger partial charge in [0.05, 0.1) is 23.4 Å². The summed E-state index contributed by atoms with van der Waals surface area (Å²) in [5.41, 5.74) is 2.82. The van der Waals surface area contributed by atoms with E-state index in [1.807, 2.05) is 48.5 Å². The number of nitrogens with one attached hydrogen (secondary N) is 1. The van der Waals surface area contributed by atoms with Gasteiger partial charge in [0.25, 0.3) is 5.91 Å². The predicted octanol–water partition coefficient (Wildman–Crippen LogP) is 5.57. The first-order valence-electron chi connectivity index (χ1n) is 12.2. The summed E-state index contributed by atoms with van der Waals surface area (Å²) in [7, 11) is 0. The number of rotatable bonds is 10. The Labute approximate surface area is 216 Å². The number of benzene rings is 2. The number of nitrogens with zero attached hydrogens (tertiary/aromatic N) is 3. The van der Waals surface area contributed by atoms with E-state index in [1.54, 1.807) is 23.0 Å². The molecule has 36 heavy (non-hydrogen) atoms. The summed E-state index contributed by atoms with van der Waals surface area (Å²) in [5.74, 6) is 0.170. The third-order valence-corrected chi connectivity index (χ3v) is 6.20. The number of aromatic nitrogens is 2. The van der Waals surface area contributed by atoms with Crippen LogP contribution in [0.2, 0.25) is 5.02 Å². The van der Waals surface area contributed by atoms with E-state index in [4.69, 9.17) is 26.2 Å². The Balaban J connectivity index is 1.66. The van der Waals surface area contributed by atoms with Crippen molar-refractivity contribution < 1.29 is 14.3 Å². The molecule has 0 radical (unpaired) electrons. The zero-order valence-corrected chi connectivity index (χ0v) is 21.0. The fourth-order valence-corrected chi connectivity index (χ4v) is 4.17. The largest absolute Gasteiger partial charge is 0.492 e. The number of hydrogen-bond donors (Lipinski definition) is 1. The summed E-state index contributed by atoms with van der Waals surface area (Å²) >= 11 is 6.52. The van der Waals surface area contributed by atoms with Crippen LogP contribution in [0.5, 0.6) is 5.75 Å². The fourth-order valence-electron chi connectivity index (χ4n) is 3.93. The minimum Gasteiger partial charge on any atom is -0.492 e. The predicted molar refractivity (Wildman–Crippen MR) is 140 cm³/mol. The van der Waals surface area contributed by atoms with E-state index in [0.717, 1.165) is 36.9 Å². The van der Waals surface area contributed by atoms with Gasteiger partial charge in [-0.2, -0.15) is 10.4 Å². The topological polar surface area (TPSA) is 89.2 Å². The van der Waals surface area contributed by atoms with Crippen LogP contribution in [0.1, 0.15) is 38.2 Å². The summed E-state index contributed by atoms with van der Waals surface area (Å²) in [6.45, 7) is 3.78. The highest BCUT2D eigenvalue weighted by Crippen LogP contribution is 2.33. The van der Waals surface area contributed by atoms with Crippen LogP contribution in [0.15, 0.2) is 60.3 Å². The standard InChI is InChI=1S/C28H29ClN4O3/c1-2-3-13-36-26-12-11-20(16-25(26)29)27-22(19-33(32-27)23-8-5-4-6-9-23)15-21(17-30)28(34)31-18-24-10-7-14-35-24/h4-6,8-9,11-12,15-16,19,24H,2-3,7,10,13-14,18H2,1H3,(H,31,34)/b21-15-. The van der Waals surface area contributed by atoms with Crippen LogP contribution < -0.4 is 10.1 Å². The zero-order chi connectivity index (χ0) is 25.3. The van der Waals surface area contributed by atoms with Crippen molar-refractivity contribution in [3.8, 4) is 28.8 Å². The van der Waals surface area contributed by atoms with Gasteiger partial charge in [-0.15, -0.1) is 0 Å². The van der Waals surface area contributed by atoms with Gasteiger partial charge in [0.2, 0.25) is 0 Å². The van der Waals surface area contributed by atoms with Gasteiger partial charge >= 0.3 is 0 Å². The maximum atomic E-state index is 12.8. The van der Waals surface area contributed by atoms with Crippen LogP contribution in [0.3, 0.4) is 0 Å². The molecule has 3 aromatic rings. The van der Waals surface area contributed by atoms with Crippen molar-refractivity contribution in [2.75, 3.05) is 19.8 Å². The molecule has 2 heterocycles. The number of para-hydroxylation sites is 1. The second-order valence-electron chi connectivity index (χ2n) is 8.58. The smallest absolute Gasteiger partial charge is 0.262 e. The first kappa shape index (κ1) is 25.5. The van der Waals surface area contributed by atoms with Gasteiger partial charge in [-0.05, 0) is 55.7 Å². The molecule has 1 amide bonds. The minimum absolute atomic E-state index is 0.00697. The molecule has 0 saturated carbocycles. The van der Waals surface area contributed by atoms with Crippen molar-refractivity contribution in [2.24, 2.45) is 0 Å². The van der Waals surface area contributed by atoms with Crippen LogP contribution in [0.25, 0.3) is 23.0 Å². The third-order valence-electron chi connectivity index (χ3n) is 5.90. The lowest BCUT2D eigenvalue weighted by Gasteiger charge is -2.10. The van der Waals surface area contributed by atoms with Crippen LogP contribution in [0, 0.1) is 11.3 Å². The summed E-state index contributed by atoms with van der Waals surface area (Å²) in [4.78, 5) is 12.8. The average molecular weight is 505 g/mol. The Bertz CT molecular complexity index is 1260. The van der Waals surface area contributed by atoms with Crippen LogP contribution in [0.4, 0.5) is 0 Å². The van der Waals surface area contributed by atoms with E-state index in [0.29, 0.717) is 41.8 Å². The molecule has 1 aliphatic rings. The molecule has 2 aromatic carbocycles. The number of ether oxygens (including phenoxy) is 2. The monoisotopic (exact) mass is 504 g/mol. The number of amides is 1.